The summed E-state index contributed by atoms with van der Waals surface area (Å²) in [4.78, 5) is 11.4. The zero-order chi connectivity index (χ0) is 14.8. The van der Waals surface area contributed by atoms with E-state index in [1.54, 1.807) is 30.3 Å². The van der Waals surface area contributed by atoms with Gasteiger partial charge in [0, 0.05) is 24.2 Å². The van der Waals surface area contributed by atoms with Gasteiger partial charge in [-0.1, -0.05) is 18.2 Å². The van der Waals surface area contributed by atoms with E-state index in [-0.39, 0.29) is 17.5 Å². The molecule has 0 atom stereocenters. The largest absolute Gasteiger partial charge is 0.508 e. The van der Waals surface area contributed by atoms with Crippen molar-refractivity contribution in [2.24, 2.45) is 0 Å². The molecule has 0 spiro atoms. The lowest BCUT2D eigenvalue weighted by Gasteiger charge is -2.19. The van der Waals surface area contributed by atoms with E-state index in [4.69, 9.17) is 0 Å². The van der Waals surface area contributed by atoms with Crippen LogP contribution in [-0.2, 0) is 17.8 Å². The molecule has 108 valence electrons. The molecule has 0 bridgehead atoms. The molecule has 21 heavy (non-hydrogen) atoms. The predicted molar refractivity (Wildman–Crippen MR) is 78.8 cm³/mol. The summed E-state index contributed by atoms with van der Waals surface area (Å²) < 4.78 is 14.0. The quantitative estimate of drug-likeness (QED) is 0.812. The normalized spacial score (nSPS) is 13.5. The van der Waals surface area contributed by atoms with Crippen LogP contribution in [0.3, 0.4) is 0 Å². The Hall–Kier alpha value is -2.56. The van der Waals surface area contributed by atoms with Gasteiger partial charge in [0.05, 0.1) is 5.69 Å². The maximum Gasteiger partial charge on any atom is 0.224 e. The molecule has 0 fully saturated rings. The Bertz CT molecular complexity index is 701. The molecule has 4 nitrogen and oxygen atoms in total. The third kappa shape index (κ3) is 2.81. The van der Waals surface area contributed by atoms with Gasteiger partial charge in [-0.25, -0.2) is 4.39 Å². The number of fused-ring (bicyclic) bond motifs is 1. The maximum atomic E-state index is 14.0. The second-order valence-electron chi connectivity index (χ2n) is 5.02. The molecular weight excluding hydrogens is 271 g/mol. The lowest BCUT2D eigenvalue weighted by atomic mass is 10.0. The molecule has 0 aliphatic carbocycles. The van der Waals surface area contributed by atoms with Crippen molar-refractivity contribution in [2.75, 3.05) is 10.6 Å². The third-order valence-electron chi connectivity index (χ3n) is 3.55. The summed E-state index contributed by atoms with van der Waals surface area (Å²) in [7, 11) is 0. The number of aromatic hydroxyl groups is 1. The molecule has 0 aromatic heterocycles. The first-order valence-corrected chi connectivity index (χ1v) is 6.76. The monoisotopic (exact) mass is 286 g/mol. The van der Waals surface area contributed by atoms with E-state index in [2.05, 4.69) is 10.6 Å². The van der Waals surface area contributed by atoms with Gasteiger partial charge in [0.25, 0.3) is 0 Å². The molecule has 0 saturated heterocycles. The van der Waals surface area contributed by atoms with E-state index < -0.39 is 0 Å². The molecule has 3 N–H and O–H groups in total. The number of carbonyl (C=O) groups is 1. The Morgan fingerprint density at radius 3 is 2.86 bits per heavy atom. The number of para-hydroxylation sites is 1. The number of nitrogens with one attached hydrogen (secondary N) is 2. The summed E-state index contributed by atoms with van der Waals surface area (Å²) in [5.74, 6) is -0.252. The molecule has 0 saturated carbocycles. The number of amides is 1. The van der Waals surface area contributed by atoms with Crippen molar-refractivity contribution >= 4 is 17.3 Å². The topological polar surface area (TPSA) is 61.4 Å². The second kappa shape index (κ2) is 5.44. The third-order valence-corrected chi connectivity index (χ3v) is 3.55. The van der Waals surface area contributed by atoms with Gasteiger partial charge in [0.2, 0.25) is 5.91 Å². The number of hydrogen-bond acceptors (Lipinski definition) is 3. The van der Waals surface area contributed by atoms with Crippen molar-refractivity contribution < 1.29 is 14.3 Å². The van der Waals surface area contributed by atoms with Gasteiger partial charge in [-0.2, -0.15) is 0 Å². The summed E-state index contributed by atoms with van der Waals surface area (Å²) in [5, 5.41) is 15.4. The number of hydrogen-bond donors (Lipinski definition) is 3. The minimum Gasteiger partial charge on any atom is -0.508 e. The van der Waals surface area contributed by atoms with Crippen LogP contribution >= 0.6 is 0 Å². The fraction of sp³-hybridized carbons (Fsp3) is 0.188. The van der Waals surface area contributed by atoms with Crippen LogP contribution in [0.25, 0.3) is 0 Å². The van der Waals surface area contributed by atoms with Gasteiger partial charge >= 0.3 is 0 Å². The lowest BCUT2D eigenvalue weighted by molar-refractivity contribution is -0.116. The molecule has 0 unspecified atom stereocenters. The number of carbonyl (C=O) groups excluding carboxylic acids is 1. The van der Waals surface area contributed by atoms with Crippen LogP contribution in [0.4, 0.5) is 15.8 Å². The average Bonchev–Trinajstić information content (AvgIpc) is 2.47. The Balaban J connectivity index is 1.81. The van der Waals surface area contributed by atoms with Gasteiger partial charge in [-0.15, -0.1) is 0 Å². The molecule has 2 aromatic carbocycles. The van der Waals surface area contributed by atoms with E-state index in [1.165, 1.54) is 6.07 Å². The van der Waals surface area contributed by atoms with Crippen LogP contribution in [-0.4, -0.2) is 11.0 Å². The smallest absolute Gasteiger partial charge is 0.224 e. The molecule has 0 radical (unpaired) electrons. The van der Waals surface area contributed by atoms with E-state index in [9.17, 15) is 14.3 Å². The SMILES string of the molecule is O=C1CCc2cc(F)c(NCc3ccccc3O)cc2N1. The van der Waals surface area contributed by atoms with Crippen molar-refractivity contribution in [3.8, 4) is 5.75 Å². The Morgan fingerprint density at radius 1 is 1.24 bits per heavy atom. The Morgan fingerprint density at radius 2 is 2.05 bits per heavy atom. The zero-order valence-corrected chi connectivity index (χ0v) is 11.3. The second-order valence-corrected chi connectivity index (χ2v) is 5.02. The maximum absolute atomic E-state index is 14.0. The van der Waals surface area contributed by atoms with Crippen LogP contribution < -0.4 is 10.6 Å². The minimum atomic E-state index is -0.361. The summed E-state index contributed by atoms with van der Waals surface area (Å²) in [6.07, 6.45) is 0.939. The summed E-state index contributed by atoms with van der Waals surface area (Å²) in [5.41, 5.74) is 2.44. The van der Waals surface area contributed by atoms with Crippen molar-refractivity contribution in [3.05, 3.63) is 53.3 Å². The van der Waals surface area contributed by atoms with Crippen LogP contribution in [0, 0.1) is 5.82 Å². The first-order chi connectivity index (χ1) is 10.1. The average molecular weight is 286 g/mol. The molecular formula is C16H15FN2O2. The molecule has 5 heteroatoms. The fourth-order valence-corrected chi connectivity index (χ4v) is 2.38. The van der Waals surface area contributed by atoms with Crippen LogP contribution in [0.2, 0.25) is 0 Å². The summed E-state index contributed by atoms with van der Waals surface area (Å²) in [6, 6.07) is 9.93. The first-order valence-electron chi connectivity index (χ1n) is 6.76. The predicted octanol–water partition coefficient (Wildman–Crippen LogP) is 3.03. The highest BCUT2D eigenvalue weighted by Crippen LogP contribution is 2.29. The van der Waals surface area contributed by atoms with Crippen molar-refractivity contribution in [3.63, 3.8) is 0 Å². The zero-order valence-electron chi connectivity index (χ0n) is 11.3. The van der Waals surface area contributed by atoms with Gasteiger partial charge in [0.15, 0.2) is 0 Å². The van der Waals surface area contributed by atoms with E-state index >= 15 is 0 Å². The van der Waals surface area contributed by atoms with Crippen LogP contribution in [0.15, 0.2) is 36.4 Å². The molecule has 1 heterocycles. The summed E-state index contributed by atoms with van der Waals surface area (Å²) in [6.45, 7) is 0.302. The van der Waals surface area contributed by atoms with Gasteiger partial charge < -0.3 is 15.7 Å². The number of anilines is 2. The van der Waals surface area contributed by atoms with Gasteiger partial charge in [0.1, 0.15) is 11.6 Å². The molecule has 1 aliphatic heterocycles. The van der Waals surface area contributed by atoms with E-state index in [0.717, 1.165) is 5.56 Å². The summed E-state index contributed by atoms with van der Waals surface area (Å²) >= 11 is 0. The highest BCUT2D eigenvalue weighted by molar-refractivity contribution is 5.94. The first kappa shape index (κ1) is 13.4. The number of phenolic OH excluding ortho intramolecular Hbond substituents is 1. The number of phenols is 1. The van der Waals surface area contributed by atoms with Gasteiger partial charge in [-0.3, -0.25) is 4.79 Å². The van der Waals surface area contributed by atoms with Gasteiger partial charge in [-0.05, 0) is 30.2 Å². The van der Waals surface area contributed by atoms with Crippen LogP contribution in [0.5, 0.6) is 5.75 Å². The number of rotatable bonds is 3. The van der Waals surface area contributed by atoms with E-state index in [1.807, 2.05) is 0 Å². The Kier molecular flexibility index (Phi) is 3.48. The molecule has 1 amide bonds. The lowest BCUT2D eigenvalue weighted by Crippen LogP contribution is -2.19. The van der Waals surface area contributed by atoms with Crippen molar-refractivity contribution in [1.82, 2.24) is 0 Å². The highest BCUT2D eigenvalue weighted by Gasteiger charge is 2.17. The fourth-order valence-electron chi connectivity index (χ4n) is 2.38. The standard InChI is InChI=1S/C16H15FN2O2/c17-12-7-10-5-6-16(21)19-13(10)8-14(12)18-9-11-3-1-2-4-15(11)20/h1-4,7-8,18,20H,5-6,9H2,(H,19,21). The molecule has 1 aliphatic rings. The molecule has 2 aromatic rings. The number of benzene rings is 2. The van der Waals surface area contributed by atoms with Crippen molar-refractivity contribution in [1.29, 1.82) is 0 Å². The van der Waals surface area contributed by atoms with E-state index in [0.29, 0.717) is 36.3 Å². The van der Waals surface area contributed by atoms with Crippen LogP contribution in [0.1, 0.15) is 17.5 Å². The highest BCUT2D eigenvalue weighted by atomic mass is 19.1. The Labute approximate surface area is 121 Å². The molecule has 3 rings (SSSR count). The number of aryl methyl sites for hydroxylation is 1. The minimum absolute atomic E-state index is 0.0549. The number of halogens is 1. The van der Waals surface area contributed by atoms with Crippen molar-refractivity contribution in [2.45, 2.75) is 19.4 Å².